The minimum Gasteiger partial charge on any atom is -0.355 e. The molecule has 3 aromatic rings. The maximum Gasteiger partial charge on any atom is 0.230 e. The van der Waals surface area contributed by atoms with E-state index in [9.17, 15) is 4.79 Å². The van der Waals surface area contributed by atoms with Gasteiger partial charge < -0.3 is 15.5 Å². The van der Waals surface area contributed by atoms with E-state index in [0.29, 0.717) is 0 Å². The second-order valence-electron chi connectivity index (χ2n) is 9.03. The number of benzene rings is 1. The van der Waals surface area contributed by atoms with Crippen LogP contribution < -0.4 is 10.6 Å². The fourth-order valence-electron chi connectivity index (χ4n) is 4.97. The first kappa shape index (κ1) is 20.0. The van der Waals surface area contributed by atoms with Gasteiger partial charge in [0.1, 0.15) is 5.82 Å². The molecule has 7 nitrogen and oxygen atoms in total. The van der Waals surface area contributed by atoms with Crippen LogP contribution in [-0.2, 0) is 11.2 Å². The van der Waals surface area contributed by atoms with Gasteiger partial charge in [0, 0.05) is 44.0 Å². The fraction of sp³-hybridized carbons (Fsp3) is 0.458. The third kappa shape index (κ3) is 3.47. The van der Waals surface area contributed by atoms with Gasteiger partial charge in [-0.05, 0) is 44.2 Å². The van der Waals surface area contributed by atoms with Crippen molar-refractivity contribution in [1.82, 2.24) is 19.5 Å². The lowest BCUT2D eigenvalue weighted by Crippen LogP contribution is -2.33. The molecule has 2 aliphatic rings. The van der Waals surface area contributed by atoms with Gasteiger partial charge in [0.25, 0.3) is 0 Å². The number of aromatic nitrogens is 3. The van der Waals surface area contributed by atoms with E-state index in [-0.39, 0.29) is 23.9 Å². The van der Waals surface area contributed by atoms with Gasteiger partial charge >= 0.3 is 0 Å². The van der Waals surface area contributed by atoms with Crippen LogP contribution in [0.15, 0.2) is 36.5 Å². The maximum absolute atomic E-state index is 13.3. The summed E-state index contributed by atoms with van der Waals surface area (Å²) in [5, 5.41) is 4.75. The summed E-state index contributed by atoms with van der Waals surface area (Å²) in [4.78, 5) is 22.3. The van der Waals surface area contributed by atoms with Crippen LogP contribution in [0.2, 0.25) is 0 Å². The van der Waals surface area contributed by atoms with Gasteiger partial charge in [-0.2, -0.15) is 5.10 Å². The van der Waals surface area contributed by atoms with Gasteiger partial charge in [0.15, 0.2) is 5.65 Å². The zero-order valence-corrected chi connectivity index (χ0v) is 18.5. The highest BCUT2D eigenvalue weighted by Gasteiger charge is 2.33. The molecule has 0 radical (unpaired) electrons. The first-order chi connectivity index (χ1) is 14.9. The van der Waals surface area contributed by atoms with Gasteiger partial charge in [-0.25, -0.2) is 9.50 Å². The fourth-order valence-corrected chi connectivity index (χ4v) is 4.97. The number of aryl methyl sites for hydroxylation is 2. The molecular formula is C24H30N6O. The van der Waals surface area contributed by atoms with Crippen LogP contribution in [0.5, 0.6) is 0 Å². The molecule has 7 heteroatoms. The molecule has 3 atom stereocenters. The SMILES string of the molecule is Cc1cn2nc([C@H](C)N(C)C(=O)C3CCc4ccccc43)cc2nc1N1CC[C@H](N)C1. The Morgan fingerprint density at radius 2 is 2.10 bits per heavy atom. The minimum atomic E-state index is -0.133. The van der Waals surface area contributed by atoms with Crippen molar-refractivity contribution in [2.75, 3.05) is 25.0 Å². The predicted octanol–water partition coefficient (Wildman–Crippen LogP) is 2.82. The minimum absolute atomic E-state index is 0.0629. The van der Waals surface area contributed by atoms with E-state index in [1.807, 2.05) is 47.8 Å². The number of amides is 1. The number of carbonyl (C=O) groups excluding carboxylic acids is 1. The summed E-state index contributed by atoms with van der Waals surface area (Å²) in [5.41, 5.74) is 11.3. The van der Waals surface area contributed by atoms with Gasteiger partial charge in [-0.3, -0.25) is 4.79 Å². The number of hydrogen-bond donors (Lipinski definition) is 1. The molecule has 1 aromatic carbocycles. The molecule has 2 N–H and O–H groups in total. The van der Waals surface area contributed by atoms with E-state index < -0.39 is 0 Å². The van der Waals surface area contributed by atoms with E-state index in [2.05, 4.69) is 24.0 Å². The standard InChI is InChI=1S/C24H30N6O/c1-15-13-30-22(26-23(15)29-11-10-18(25)14-29)12-21(27-30)16(2)28(3)24(31)20-9-8-17-6-4-5-7-19(17)20/h4-7,12-13,16,18,20H,8-11,14,25H2,1-3H3/t16-,18-,20?/m0/s1. The van der Waals surface area contributed by atoms with E-state index in [1.54, 1.807) is 0 Å². The molecule has 3 heterocycles. The van der Waals surface area contributed by atoms with Crippen LogP contribution in [0.3, 0.4) is 0 Å². The Hall–Kier alpha value is -2.93. The summed E-state index contributed by atoms with van der Waals surface area (Å²) in [7, 11) is 1.88. The third-order valence-corrected chi connectivity index (χ3v) is 6.94. The van der Waals surface area contributed by atoms with Crippen molar-refractivity contribution in [1.29, 1.82) is 0 Å². The van der Waals surface area contributed by atoms with Gasteiger partial charge in [0.05, 0.1) is 17.7 Å². The second-order valence-corrected chi connectivity index (χ2v) is 9.03. The molecule has 1 fully saturated rings. The summed E-state index contributed by atoms with van der Waals surface area (Å²) in [6, 6.07) is 10.4. The number of rotatable bonds is 4. The van der Waals surface area contributed by atoms with Crippen LogP contribution >= 0.6 is 0 Å². The number of carbonyl (C=O) groups is 1. The molecule has 1 saturated heterocycles. The van der Waals surface area contributed by atoms with E-state index in [4.69, 9.17) is 15.8 Å². The van der Waals surface area contributed by atoms with Crippen molar-refractivity contribution in [3.05, 3.63) is 58.9 Å². The third-order valence-electron chi connectivity index (χ3n) is 6.94. The Balaban J connectivity index is 1.39. The number of likely N-dealkylation sites (N-methyl/N-ethyl adjacent to an activating group) is 1. The number of anilines is 1. The van der Waals surface area contributed by atoms with Crippen molar-refractivity contribution in [2.24, 2.45) is 5.73 Å². The molecule has 5 rings (SSSR count). The molecule has 0 saturated carbocycles. The Labute approximate surface area is 182 Å². The number of hydrogen-bond acceptors (Lipinski definition) is 5. The molecule has 0 bridgehead atoms. The highest BCUT2D eigenvalue weighted by Crippen LogP contribution is 2.35. The average molecular weight is 419 g/mol. The van der Waals surface area contributed by atoms with Crippen LogP contribution in [0.1, 0.15) is 54.1 Å². The summed E-state index contributed by atoms with van der Waals surface area (Å²) in [6.07, 6.45) is 4.86. The van der Waals surface area contributed by atoms with Crippen LogP contribution in [0.25, 0.3) is 5.65 Å². The van der Waals surface area contributed by atoms with Gasteiger partial charge in [-0.15, -0.1) is 0 Å². The van der Waals surface area contributed by atoms with E-state index in [0.717, 1.165) is 55.1 Å². The quantitative estimate of drug-likeness (QED) is 0.705. The molecule has 1 aliphatic heterocycles. The Bertz CT molecular complexity index is 1140. The lowest BCUT2D eigenvalue weighted by molar-refractivity contribution is -0.133. The Morgan fingerprint density at radius 3 is 2.87 bits per heavy atom. The molecule has 1 aliphatic carbocycles. The van der Waals surface area contributed by atoms with Crippen molar-refractivity contribution < 1.29 is 4.79 Å². The summed E-state index contributed by atoms with van der Waals surface area (Å²) in [5.74, 6) is 1.07. The molecule has 1 unspecified atom stereocenters. The first-order valence-corrected chi connectivity index (χ1v) is 11.1. The zero-order valence-electron chi connectivity index (χ0n) is 18.5. The molecule has 162 valence electrons. The highest BCUT2D eigenvalue weighted by molar-refractivity contribution is 5.85. The Kier molecular flexibility index (Phi) is 4.93. The smallest absolute Gasteiger partial charge is 0.230 e. The van der Waals surface area contributed by atoms with Gasteiger partial charge in [0.2, 0.25) is 5.91 Å². The van der Waals surface area contributed by atoms with Crippen LogP contribution in [0, 0.1) is 6.92 Å². The molecule has 31 heavy (non-hydrogen) atoms. The summed E-state index contributed by atoms with van der Waals surface area (Å²) >= 11 is 0. The van der Waals surface area contributed by atoms with E-state index >= 15 is 0 Å². The van der Waals surface area contributed by atoms with Crippen molar-refractivity contribution in [2.45, 2.75) is 51.1 Å². The summed E-state index contributed by atoms with van der Waals surface area (Å²) in [6.45, 7) is 5.86. The van der Waals surface area contributed by atoms with E-state index in [1.165, 1.54) is 11.1 Å². The number of nitrogens with two attached hydrogens (primary N) is 1. The maximum atomic E-state index is 13.3. The molecule has 1 amide bonds. The monoisotopic (exact) mass is 418 g/mol. The van der Waals surface area contributed by atoms with Crippen molar-refractivity contribution >= 4 is 17.4 Å². The molecule has 0 spiro atoms. The van der Waals surface area contributed by atoms with Gasteiger partial charge in [-0.1, -0.05) is 24.3 Å². The lowest BCUT2D eigenvalue weighted by atomic mass is 9.99. The second kappa shape index (κ2) is 7.64. The first-order valence-electron chi connectivity index (χ1n) is 11.1. The lowest BCUT2D eigenvalue weighted by Gasteiger charge is -2.26. The molecule has 2 aromatic heterocycles. The molecular weight excluding hydrogens is 388 g/mol. The predicted molar refractivity (Wildman–Crippen MR) is 121 cm³/mol. The summed E-state index contributed by atoms with van der Waals surface area (Å²) < 4.78 is 1.82. The number of fused-ring (bicyclic) bond motifs is 2. The van der Waals surface area contributed by atoms with Crippen LogP contribution in [-0.4, -0.2) is 51.6 Å². The topological polar surface area (TPSA) is 79.8 Å². The van der Waals surface area contributed by atoms with Crippen LogP contribution in [0.4, 0.5) is 5.82 Å². The number of nitrogens with zero attached hydrogens (tertiary/aromatic N) is 5. The van der Waals surface area contributed by atoms with Crippen molar-refractivity contribution in [3.63, 3.8) is 0 Å². The van der Waals surface area contributed by atoms with Crippen molar-refractivity contribution in [3.8, 4) is 0 Å². The normalized spacial score (nSPS) is 21.5. The average Bonchev–Trinajstić information content (AvgIpc) is 3.49. The zero-order chi connectivity index (χ0) is 21.7. The highest BCUT2D eigenvalue weighted by atomic mass is 16.2. The Morgan fingerprint density at radius 1 is 1.29 bits per heavy atom. The largest absolute Gasteiger partial charge is 0.355 e.